The van der Waals surface area contributed by atoms with E-state index >= 15 is 0 Å². The van der Waals surface area contributed by atoms with Crippen molar-refractivity contribution in [3.8, 4) is 0 Å². The third kappa shape index (κ3) is 44.0. The van der Waals surface area contributed by atoms with Crippen LogP contribution in [0.4, 0.5) is 0 Å². The number of carbonyl (C=O) groups is 2. The predicted molar refractivity (Wildman–Crippen MR) is 246 cm³/mol. The first-order valence-electron chi connectivity index (χ1n) is 25.5. The van der Waals surface area contributed by atoms with Gasteiger partial charge in [0.05, 0.1) is 25.4 Å². The number of aliphatic hydroxyl groups is 2. The Hall–Kier alpha value is -1.40. The molecule has 0 saturated carbocycles. The zero-order valence-corrected chi connectivity index (χ0v) is 38.3. The third-order valence-corrected chi connectivity index (χ3v) is 11.8. The summed E-state index contributed by atoms with van der Waals surface area (Å²) in [5, 5.41) is 22.9. The molecule has 57 heavy (non-hydrogen) atoms. The lowest BCUT2D eigenvalue weighted by Gasteiger charge is -2.20. The van der Waals surface area contributed by atoms with E-state index in [1.54, 1.807) is 6.08 Å². The molecule has 0 aliphatic heterocycles. The summed E-state index contributed by atoms with van der Waals surface area (Å²) in [6.45, 7) is 4.88. The highest BCUT2D eigenvalue weighted by Gasteiger charge is 2.18. The summed E-state index contributed by atoms with van der Waals surface area (Å²) in [6.07, 6.45) is 53.6. The van der Waals surface area contributed by atoms with Gasteiger partial charge in [0, 0.05) is 12.8 Å². The number of aliphatic hydroxyl groups excluding tert-OH is 2. The van der Waals surface area contributed by atoms with Crippen LogP contribution in [0.25, 0.3) is 0 Å². The number of allylic oxidation sites excluding steroid dienone is 1. The zero-order valence-electron chi connectivity index (χ0n) is 38.3. The molecule has 0 rings (SSSR count). The summed E-state index contributed by atoms with van der Waals surface area (Å²) in [5.41, 5.74) is 0. The van der Waals surface area contributed by atoms with E-state index in [4.69, 9.17) is 4.74 Å². The highest BCUT2D eigenvalue weighted by atomic mass is 16.5. The highest BCUT2D eigenvalue weighted by Crippen LogP contribution is 2.16. The number of ether oxygens (including phenoxy) is 1. The molecule has 0 heterocycles. The molecule has 0 fully saturated rings. The third-order valence-electron chi connectivity index (χ3n) is 11.8. The molecule has 2 atom stereocenters. The predicted octanol–water partition coefficient (Wildman–Crippen LogP) is 15.0. The quantitative estimate of drug-likeness (QED) is 0.0323. The molecule has 0 aromatic rings. The molecule has 0 bridgehead atoms. The van der Waals surface area contributed by atoms with Crippen LogP contribution in [-0.2, 0) is 14.3 Å². The lowest BCUT2D eigenvalue weighted by atomic mass is 10.0. The fourth-order valence-electron chi connectivity index (χ4n) is 7.87. The molecule has 0 aromatic carbocycles. The minimum Gasteiger partial charge on any atom is -0.466 e. The van der Waals surface area contributed by atoms with Crippen LogP contribution >= 0.6 is 0 Å². The lowest BCUT2D eigenvalue weighted by Crippen LogP contribution is -2.45. The molecule has 0 saturated heterocycles. The second-order valence-electron chi connectivity index (χ2n) is 17.5. The second-order valence-corrected chi connectivity index (χ2v) is 17.5. The van der Waals surface area contributed by atoms with Crippen LogP contribution in [-0.4, -0.2) is 47.4 Å². The number of esters is 1. The first kappa shape index (κ1) is 55.6. The van der Waals surface area contributed by atoms with Crippen LogP contribution in [0.1, 0.15) is 277 Å². The average Bonchev–Trinajstić information content (AvgIpc) is 3.21. The Morgan fingerprint density at radius 1 is 0.474 bits per heavy atom. The van der Waals surface area contributed by atoms with E-state index in [2.05, 4.69) is 19.2 Å². The van der Waals surface area contributed by atoms with Crippen molar-refractivity contribution in [2.45, 2.75) is 289 Å². The van der Waals surface area contributed by atoms with Gasteiger partial charge in [-0.05, 0) is 32.1 Å². The van der Waals surface area contributed by atoms with E-state index in [0.717, 1.165) is 38.5 Å². The van der Waals surface area contributed by atoms with Crippen molar-refractivity contribution in [3.63, 3.8) is 0 Å². The smallest absolute Gasteiger partial charge is 0.305 e. The monoisotopic (exact) mass is 806 g/mol. The van der Waals surface area contributed by atoms with E-state index in [1.165, 1.54) is 212 Å². The highest BCUT2D eigenvalue weighted by molar-refractivity contribution is 5.76. The maximum atomic E-state index is 12.4. The first-order valence-corrected chi connectivity index (χ1v) is 25.5. The number of hydrogen-bond donors (Lipinski definition) is 3. The minimum absolute atomic E-state index is 0.00571. The molecule has 2 unspecified atom stereocenters. The number of unbranched alkanes of at least 4 members (excludes halogenated alkanes) is 36. The molecule has 0 aromatic heterocycles. The summed E-state index contributed by atoms with van der Waals surface area (Å²) in [4.78, 5) is 24.4. The molecular weight excluding hydrogens is 707 g/mol. The number of rotatable bonds is 47. The van der Waals surface area contributed by atoms with Gasteiger partial charge in [-0.1, -0.05) is 244 Å². The maximum absolute atomic E-state index is 12.4. The van der Waals surface area contributed by atoms with Crippen molar-refractivity contribution in [2.75, 3.05) is 13.2 Å². The molecule has 6 heteroatoms. The summed E-state index contributed by atoms with van der Waals surface area (Å²) < 4.78 is 5.46. The summed E-state index contributed by atoms with van der Waals surface area (Å²) in [7, 11) is 0. The van der Waals surface area contributed by atoms with Gasteiger partial charge in [0.2, 0.25) is 5.91 Å². The minimum atomic E-state index is -0.845. The van der Waals surface area contributed by atoms with Gasteiger partial charge >= 0.3 is 5.97 Å². The average molecular weight is 806 g/mol. The second kappa shape index (κ2) is 47.3. The standard InChI is InChI=1S/C51H99NO5/c1-3-5-7-9-11-13-15-21-25-29-33-37-41-45-51(56)57-46-42-38-34-30-26-23-20-18-16-17-19-22-24-28-32-36-40-44-50(55)52-48(47-53)49(54)43-39-35-31-27-14-12-10-8-6-4-2/h39,43,48-49,53-54H,3-38,40-42,44-47H2,1-2H3,(H,52,55)/b43-39+. The van der Waals surface area contributed by atoms with Crippen molar-refractivity contribution < 1.29 is 24.5 Å². The molecule has 338 valence electrons. The number of hydrogen-bond acceptors (Lipinski definition) is 5. The molecule has 0 spiro atoms. The van der Waals surface area contributed by atoms with E-state index in [0.29, 0.717) is 19.4 Å². The fourth-order valence-corrected chi connectivity index (χ4v) is 7.87. The number of nitrogens with one attached hydrogen (secondary N) is 1. The Morgan fingerprint density at radius 3 is 1.19 bits per heavy atom. The first-order chi connectivity index (χ1) is 28.0. The molecular formula is C51H99NO5. The van der Waals surface area contributed by atoms with Gasteiger partial charge in [0.15, 0.2) is 0 Å². The lowest BCUT2D eigenvalue weighted by molar-refractivity contribution is -0.143. The molecule has 0 radical (unpaired) electrons. The van der Waals surface area contributed by atoms with Gasteiger partial charge in [-0.2, -0.15) is 0 Å². The Balaban J connectivity index is 3.41. The Kier molecular flexibility index (Phi) is 46.1. The van der Waals surface area contributed by atoms with E-state index in [-0.39, 0.29) is 18.5 Å². The van der Waals surface area contributed by atoms with Crippen molar-refractivity contribution in [3.05, 3.63) is 12.2 Å². The van der Waals surface area contributed by atoms with Crippen LogP contribution in [0.5, 0.6) is 0 Å². The van der Waals surface area contributed by atoms with Gasteiger partial charge in [0.25, 0.3) is 0 Å². The number of carbonyl (C=O) groups excluding carboxylic acids is 2. The SMILES string of the molecule is CCCCCCCCCC/C=C/C(O)C(CO)NC(=O)CCCCCCCCCCCCCCCCCCCOC(=O)CCCCCCCCCCCCCCC. The largest absolute Gasteiger partial charge is 0.466 e. The molecule has 3 N–H and O–H groups in total. The van der Waals surface area contributed by atoms with Crippen molar-refractivity contribution >= 4 is 11.9 Å². The van der Waals surface area contributed by atoms with Crippen molar-refractivity contribution in [1.29, 1.82) is 0 Å². The molecule has 1 amide bonds. The van der Waals surface area contributed by atoms with Crippen LogP contribution in [0.3, 0.4) is 0 Å². The summed E-state index contributed by atoms with van der Waals surface area (Å²) in [5.74, 6) is -0.0690. The Labute approximate surface area is 355 Å². The van der Waals surface area contributed by atoms with Crippen LogP contribution in [0.15, 0.2) is 12.2 Å². The van der Waals surface area contributed by atoms with Crippen LogP contribution < -0.4 is 5.32 Å². The molecule has 6 nitrogen and oxygen atoms in total. The topological polar surface area (TPSA) is 95.9 Å². The van der Waals surface area contributed by atoms with E-state index < -0.39 is 12.1 Å². The molecule has 0 aliphatic carbocycles. The van der Waals surface area contributed by atoms with Gasteiger partial charge < -0.3 is 20.3 Å². The normalized spacial score (nSPS) is 12.7. The van der Waals surface area contributed by atoms with Crippen molar-refractivity contribution in [1.82, 2.24) is 5.32 Å². The summed E-state index contributed by atoms with van der Waals surface area (Å²) >= 11 is 0. The van der Waals surface area contributed by atoms with Crippen LogP contribution in [0, 0.1) is 0 Å². The number of amides is 1. The van der Waals surface area contributed by atoms with Crippen LogP contribution in [0.2, 0.25) is 0 Å². The van der Waals surface area contributed by atoms with E-state index in [9.17, 15) is 19.8 Å². The summed E-state index contributed by atoms with van der Waals surface area (Å²) in [6, 6.07) is -0.628. The van der Waals surface area contributed by atoms with Gasteiger partial charge in [-0.15, -0.1) is 0 Å². The van der Waals surface area contributed by atoms with Gasteiger partial charge in [0.1, 0.15) is 0 Å². The Bertz CT molecular complexity index is 847. The van der Waals surface area contributed by atoms with Crippen molar-refractivity contribution in [2.24, 2.45) is 0 Å². The Morgan fingerprint density at radius 2 is 0.807 bits per heavy atom. The zero-order chi connectivity index (χ0) is 41.5. The maximum Gasteiger partial charge on any atom is 0.305 e. The van der Waals surface area contributed by atoms with E-state index in [1.807, 2.05) is 6.08 Å². The fraction of sp³-hybridized carbons (Fsp3) is 0.922. The van der Waals surface area contributed by atoms with Gasteiger partial charge in [-0.3, -0.25) is 9.59 Å². The van der Waals surface area contributed by atoms with Gasteiger partial charge in [-0.25, -0.2) is 0 Å². The molecule has 0 aliphatic rings.